The summed E-state index contributed by atoms with van der Waals surface area (Å²) in [6.07, 6.45) is 0. The fourth-order valence-electron chi connectivity index (χ4n) is 2.87. The molecule has 3 rings (SSSR count). The van der Waals surface area contributed by atoms with Gasteiger partial charge in [-0.05, 0) is 30.3 Å². The number of ether oxygens (including phenoxy) is 4. The lowest BCUT2D eigenvalue weighted by Gasteiger charge is -2.14. The van der Waals surface area contributed by atoms with Crippen molar-refractivity contribution < 1.29 is 24.1 Å². The van der Waals surface area contributed by atoms with Crippen LogP contribution in [0.3, 0.4) is 0 Å². The zero-order valence-electron chi connectivity index (χ0n) is 15.5. The molecule has 0 bridgehead atoms. The predicted molar refractivity (Wildman–Crippen MR) is 102 cm³/mol. The zero-order chi connectivity index (χ0) is 19.6. The van der Waals surface area contributed by atoms with E-state index in [9.17, 15) is 5.11 Å². The van der Waals surface area contributed by atoms with E-state index >= 15 is 0 Å². The summed E-state index contributed by atoms with van der Waals surface area (Å²) in [4.78, 5) is 7.42. The molecule has 0 atom stereocenters. The molecule has 0 unspecified atom stereocenters. The van der Waals surface area contributed by atoms with Crippen molar-refractivity contribution in [2.45, 2.75) is 0 Å². The maximum Gasteiger partial charge on any atom is 0.203 e. The fourth-order valence-corrected chi connectivity index (χ4v) is 2.87. The van der Waals surface area contributed by atoms with Crippen LogP contribution in [-0.4, -0.2) is 43.5 Å². The summed E-state index contributed by atoms with van der Waals surface area (Å²) in [6.45, 7) is 0. The molecule has 2 aromatic carbocycles. The molecule has 0 aliphatic heterocycles. The normalized spacial score (nSPS) is 10.5. The van der Waals surface area contributed by atoms with Gasteiger partial charge in [0.15, 0.2) is 28.9 Å². The van der Waals surface area contributed by atoms with E-state index in [2.05, 4.69) is 9.97 Å². The highest BCUT2D eigenvalue weighted by Crippen LogP contribution is 2.43. The SMILES string of the molecule is COc1ccc(-c2[nH]c(N)nc2-c2cc(OC)c(OC)c(OC)c2)cc1O. The van der Waals surface area contributed by atoms with Crippen molar-refractivity contribution >= 4 is 5.95 Å². The molecule has 142 valence electrons. The standard InChI is InChI=1S/C19H21N3O5/c1-24-13-6-5-10(7-12(13)23)16-17(22-19(20)21-16)11-8-14(25-2)18(27-4)15(9-11)26-3/h5-9,23H,1-4H3,(H3,20,21,22). The molecule has 0 spiro atoms. The molecule has 8 nitrogen and oxygen atoms in total. The van der Waals surface area contributed by atoms with Crippen molar-refractivity contribution in [2.24, 2.45) is 0 Å². The first kappa shape index (κ1) is 18.2. The number of nitrogens with zero attached hydrogens (tertiary/aromatic N) is 1. The summed E-state index contributed by atoms with van der Waals surface area (Å²) in [6, 6.07) is 8.61. The predicted octanol–water partition coefficient (Wildman–Crippen LogP) is 3.07. The summed E-state index contributed by atoms with van der Waals surface area (Å²) in [5.41, 5.74) is 8.53. The van der Waals surface area contributed by atoms with E-state index in [1.165, 1.54) is 14.2 Å². The Balaban J connectivity index is 2.18. The number of phenolic OH excluding ortho intramolecular Hbond substituents is 1. The second-order valence-electron chi connectivity index (χ2n) is 5.65. The van der Waals surface area contributed by atoms with Crippen molar-refractivity contribution in [1.29, 1.82) is 0 Å². The second kappa shape index (κ2) is 7.36. The Morgan fingerprint density at radius 2 is 1.48 bits per heavy atom. The summed E-state index contributed by atoms with van der Waals surface area (Å²) < 4.78 is 21.3. The molecule has 0 saturated carbocycles. The summed E-state index contributed by atoms with van der Waals surface area (Å²) >= 11 is 0. The highest BCUT2D eigenvalue weighted by atomic mass is 16.5. The minimum absolute atomic E-state index is 0.0130. The lowest BCUT2D eigenvalue weighted by molar-refractivity contribution is 0.324. The molecule has 0 radical (unpaired) electrons. The van der Waals surface area contributed by atoms with Gasteiger partial charge in [0.1, 0.15) is 0 Å². The van der Waals surface area contributed by atoms with Crippen LogP contribution < -0.4 is 24.7 Å². The van der Waals surface area contributed by atoms with Crippen LogP contribution in [0.25, 0.3) is 22.5 Å². The second-order valence-corrected chi connectivity index (χ2v) is 5.65. The third-order valence-electron chi connectivity index (χ3n) is 4.13. The Bertz CT molecular complexity index is 943. The molecular formula is C19H21N3O5. The lowest BCUT2D eigenvalue weighted by Crippen LogP contribution is -1.96. The highest BCUT2D eigenvalue weighted by molar-refractivity contribution is 5.82. The van der Waals surface area contributed by atoms with Crippen LogP contribution in [0.4, 0.5) is 5.95 Å². The summed E-state index contributed by atoms with van der Waals surface area (Å²) in [5, 5.41) is 10.1. The van der Waals surface area contributed by atoms with Gasteiger partial charge >= 0.3 is 0 Å². The topological polar surface area (TPSA) is 112 Å². The first-order valence-corrected chi connectivity index (χ1v) is 8.05. The van der Waals surface area contributed by atoms with Crippen LogP contribution >= 0.6 is 0 Å². The van der Waals surface area contributed by atoms with E-state index in [-0.39, 0.29) is 11.7 Å². The van der Waals surface area contributed by atoms with Crippen molar-refractivity contribution in [3.8, 4) is 51.3 Å². The number of aromatic hydroxyl groups is 1. The van der Waals surface area contributed by atoms with Crippen LogP contribution in [0.1, 0.15) is 0 Å². The van der Waals surface area contributed by atoms with E-state index in [0.717, 1.165) is 0 Å². The fraction of sp³-hybridized carbons (Fsp3) is 0.211. The molecule has 0 fully saturated rings. The molecule has 8 heteroatoms. The van der Waals surface area contributed by atoms with Gasteiger partial charge in [-0.15, -0.1) is 0 Å². The quantitative estimate of drug-likeness (QED) is 0.610. The minimum atomic E-state index is 0.0130. The lowest BCUT2D eigenvalue weighted by atomic mass is 10.0. The van der Waals surface area contributed by atoms with Crippen LogP contribution in [0.2, 0.25) is 0 Å². The molecule has 0 saturated heterocycles. The van der Waals surface area contributed by atoms with Gasteiger partial charge in [0.25, 0.3) is 0 Å². The number of anilines is 1. The van der Waals surface area contributed by atoms with Crippen LogP contribution in [0.15, 0.2) is 30.3 Å². The van der Waals surface area contributed by atoms with E-state index in [1.807, 2.05) is 0 Å². The number of aromatic amines is 1. The van der Waals surface area contributed by atoms with Crippen molar-refractivity contribution in [2.75, 3.05) is 34.2 Å². The number of aromatic nitrogens is 2. The van der Waals surface area contributed by atoms with Crippen molar-refractivity contribution in [3.05, 3.63) is 30.3 Å². The number of nitrogens with one attached hydrogen (secondary N) is 1. The minimum Gasteiger partial charge on any atom is -0.504 e. The molecule has 1 heterocycles. The molecule has 4 N–H and O–H groups in total. The van der Waals surface area contributed by atoms with Gasteiger partial charge in [0.05, 0.1) is 39.8 Å². The van der Waals surface area contributed by atoms with Gasteiger partial charge in [-0.1, -0.05) is 0 Å². The monoisotopic (exact) mass is 371 g/mol. The Kier molecular flexibility index (Phi) is 4.98. The number of hydrogen-bond acceptors (Lipinski definition) is 7. The molecule has 0 aliphatic rings. The average Bonchev–Trinajstić information content (AvgIpc) is 3.08. The maximum atomic E-state index is 10.1. The Hall–Kier alpha value is -3.55. The number of methoxy groups -OCH3 is 4. The van der Waals surface area contributed by atoms with Crippen molar-refractivity contribution in [3.63, 3.8) is 0 Å². The molecule has 0 aliphatic carbocycles. The smallest absolute Gasteiger partial charge is 0.203 e. The molecular weight excluding hydrogens is 350 g/mol. The Morgan fingerprint density at radius 1 is 0.852 bits per heavy atom. The Labute approximate surface area is 156 Å². The maximum absolute atomic E-state index is 10.1. The number of nitrogens with two attached hydrogens (primary N) is 1. The number of imidazole rings is 1. The number of benzene rings is 2. The highest BCUT2D eigenvalue weighted by Gasteiger charge is 2.19. The largest absolute Gasteiger partial charge is 0.504 e. The van der Waals surface area contributed by atoms with E-state index in [0.29, 0.717) is 45.5 Å². The third kappa shape index (κ3) is 3.29. The van der Waals surface area contributed by atoms with Gasteiger partial charge in [0, 0.05) is 11.1 Å². The molecule has 3 aromatic rings. The van der Waals surface area contributed by atoms with Gasteiger partial charge in [-0.2, -0.15) is 0 Å². The average molecular weight is 371 g/mol. The van der Waals surface area contributed by atoms with Crippen LogP contribution in [0, 0.1) is 0 Å². The van der Waals surface area contributed by atoms with E-state index in [1.54, 1.807) is 44.6 Å². The van der Waals surface area contributed by atoms with Crippen molar-refractivity contribution in [1.82, 2.24) is 9.97 Å². The van der Waals surface area contributed by atoms with Gasteiger partial charge in [-0.25, -0.2) is 4.98 Å². The number of phenols is 1. The third-order valence-corrected chi connectivity index (χ3v) is 4.13. The summed E-state index contributed by atoms with van der Waals surface area (Å²) in [7, 11) is 6.12. The van der Waals surface area contributed by atoms with E-state index < -0.39 is 0 Å². The van der Waals surface area contributed by atoms with Crippen LogP contribution in [0.5, 0.6) is 28.7 Å². The number of nitrogen functional groups attached to an aromatic ring is 1. The van der Waals surface area contributed by atoms with Gasteiger partial charge in [0.2, 0.25) is 5.75 Å². The van der Waals surface area contributed by atoms with Gasteiger partial charge in [-0.3, -0.25) is 0 Å². The number of hydrogen-bond donors (Lipinski definition) is 3. The first-order valence-electron chi connectivity index (χ1n) is 8.05. The molecule has 27 heavy (non-hydrogen) atoms. The number of rotatable bonds is 6. The number of H-pyrrole nitrogens is 1. The first-order chi connectivity index (χ1) is 13.0. The Morgan fingerprint density at radius 3 is 2.00 bits per heavy atom. The summed E-state index contributed by atoms with van der Waals surface area (Å²) in [5.74, 6) is 2.11. The van der Waals surface area contributed by atoms with E-state index in [4.69, 9.17) is 24.7 Å². The molecule has 0 amide bonds. The zero-order valence-corrected chi connectivity index (χ0v) is 15.5. The molecule has 1 aromatic heterocycles. The van der Waals surface area contributed by atoms with Crippen LogP contribution in [-0.2, 0) is 0 Å². The van der Waals surface area contributed by atoms with Gasteiger partial charge < -0.3 is 34.8 Å².